The van der Waals surface area contributed by atoms with Gasteiger partial charge in [0.1, 0.15) is 23.0 Å². The summed E-state index contributed by atoms with van der Waals surface area (Å²) in [6.07, 6.45) is -13.8. The molecule has 0 heterocycles. The molecule has 1 atom stereocenters. The van der Waals surface area contributed by atoms with E-state index in [0.29, 0.717) is 9.99 Å². The number of alkyl halides is 9. The third-order valence-electron chi connectivity index (χ3n) is 5.85. The zero-order valence-corrected chi connectivity index (χ0v) is 23.4. The van der Waals surface area contributed by atoms with Gasteiger partial charge < -0.3 is 10.1 Å². The second-order valence-corrected chi connectivity index (χ2v) is 9.68. The second-order valence-electron chi connectivity index (χ2n) is 8.57. The molecular weight excluding hydrogens is 720 g/mol. The van der Waals surface area contributed by atoms with E-state index in [2.05, 4.69) is 16.1 Å². The number of carbonyl (C=O) groups is 2. The van der Waals surface area contributed by atoms with E-state index < -0.39 is 92.0 Å². The van der Waals surface area contributed by atoms with E-state index in [1.54, 1.807) is 0 Å². The van der Waals surface area contributed by atoms with Crippen molar-refractivity contribution in [3.05, 3.63) is 87.7 Å². The summed E-state index contributed by atoms with van der Waals surface area (Å²) in [6.45, 7) is 0. The summed E-state index contributed by atoms with van der Waals surface area (Å²) >= 11 is 8.49. The Balaban J connectivity index is 2.02. The number of anilines is 2. The molecule has 5 nitrogen and oxygen atoms in total. The number of nitrogens with one attached hydrogen (secondary N) is 1. The van der Waals surface area contributed by atoms with Gasteiger partial charge in [-0.1, -0.05) is 23.7 Å². The van der Waals surface area contributed by atoms with E-state index in [9.17, 15) is 62.3 Å². The fraction of sp³-hybridized carbons (Fsp3) is 0.200. The van der Waals surface area contributed by atoms with Crippen LogP contribution in [-0.2, 0) is 5.67 Å². The molecule has 0 aliphatic rings. The number of benzene rings is 3. The molecule has 0 saturated carbocycles. The molecule has 238 valence electrons. The first-order valence-corrected chi connectivity index (χ1v) is 12.3. The fourth-order valence-electron chi connectivity index (χ4n) is 3.78. The van der Waals surface area contributed by atoms with Crippen LogP contribution in [0.2, 0.25) is 5.02 Å². The lowest BCUT2D eigenvalue weighted by molar-refractivity contribution is -0.389. The smallest absolute Gasteiger partial charge is 0.457 e. The average molecular weight is 732 g/mol. The molecule has 44 heavy (non-hydrogen) atoms. The molecule has 0 spiro atoms. The minimum atomic E-state index is -6.98. The zero-order chi connectivity index (χ0) is 33.6. The van der Waals surface area contributed by atoms with Crippen molar-refractivity contribution in [1.82, 2.24) is 0 Å². The SMILES string of the molecule is COc1c(NC(=O)c2c(F)cc(F)cc2F)cccc1C(=O)N(Br)c1ccc(C(F)(C(F)(F)F)C(F)(F)C(F)(F)F)cc1Cl. The van der Waals surface area contributed by atoms with E-state index in [0.717, 1.165) is 25.3 Å². The minimum Gasteiger partial charge on any atom is -0.494 e. The van der Waals surface area contributed by atoms with Gasteiger partial charge in [-0.05, 0) is 24.3 Å². The highest BCUT2D eigenvalue weighted by molar-refractivity contribution is 9.10. The maximum absolute atomic E-state index is 14.8. The topological polar surface area (TPSA) is 58.6 Å². The summed E-state index contributed by atoms with van der Waals surface area (Å²) in [7, 11) is 0.972. The van der Waals surface area contributed by atoms with E-state index in [-0.39, 0.29) is 24.3 Å². The number of ether oxygens (including phenoxy) is 1. The van der Waals surface area contributed by atoms with Crippen LogP contribution in [0.5, 0.6) is 5.75 Å². The first kappa shape index (κ1) is 34.8. The Hall–Kier alpha value is -3.67. The lowest BCUT2D eigenvalue weighted by Gasteiger charge is -2.36. The highest BCUT2D eigenvalue weighted by atomic mass is 79.9. The van der Waals surface area contributed by atoms with Crippen LogP contribution in [0.3, 0.4) is 0 Å². The highest BCUT2D eigenvalue weighted by Gasteiger charge is 2.81. The Bertz CT molecular complexity index is 1590. The number of para-hydroxylation sites is 1. The molecular formula is C25H12BrClF12N2O3. The van der Waals surface area contributed by atoms with E-state index in [1.165, 1.54) is 0 Å². The summed E-state index contributed by atoms with van der Waals surface area (Å²) in [4.78, 5) is 25.7. The largest absolute Gasteiger partial charge is 0.494 e. The predicted octanol–water partition coefficient (Wildman–Crippen LogP) is 8.90. The maximum atomic E-state index is 14.8. The quantitative estimate of drug-likeness (QED) is 0.195. The molecule has 1 N–H and O–H groups in total. The maximum Gasteiger partial charge on any atom is 0.457 e. The van der Waals surface area contributed by atoms with E-state index in [1.807, 2.05) is 5.32 Å². The third-order valence-corrected chi connectivity index (χ3v) is 6.85. The van der Waals surface area contributed by atoms with Crippen molar-refractivity contribution >= 4 is 50.9 Å². The lowest BCUT2D eigenvalue weighted by Crippen LogP contribution is -2.59. The Kier molecular flexibility index (Phi) is 9.51. The van der Waals surface area contributed by atoms with Crippen LogP contribution in [0.1, 0.15) is 26.3 Å². The number of carbonyl (C=O) groups excluding carboxylic acids is 2. The van der Waals surface area contributed by atoms with Crippen molar-refractivity contribution in [2.24, 2.45) is 0 Å². The molecule has 3 rings (SSSR count). The number of hydrogen-bond donors (Lipinski definition) is 1. The van der Waals surface area contributed by atoms with Crippen LogP contribution in [-0.4, -0.2) is 37.2 Å². The Morgan fingerprint density at radius 3 is 1.91 bits per heavy atom. The predicted molar refractivity (Wildman–Crippen MR) is 134 cm³/mol. The summed E-state index contributed by atoms with van der Waals surface area (Å²) in [5.74, 6) is -14.6. The number of rotatable bonds is 7. The van der Waals surface area contributed by atoms with Crippen molar-refractivity contribution in [1.29, 1.82) is 0 Å². The number of amides is 2. The van der Waals surface area contributed by atoms with Crippen molar-refractivity contribution in [2.45, 2.75) is 23.9 Å². The van der Waals surface area contributed by atoms with Crippen LogP contribution >= 0.6 is 27.7 Å². The molecule has 0 aliphatic carbocycles. The van der Waals surface area contributed by atoms with Crippen molar-refractivity contribution < 1.29 is 67.0 Å². The number of hydrogen-bond acceptors (Lipinski definition) is 3. The van der Waals surface area contributed by atoms with Gasteiger partial charge in [0.15, 0.2) is 5.75 Å². The molecule has 3 aromatic carbocycles. The molecule has 2 amide bonds. The molecule has 19 heteroatoms. The lowest BCUT2D eigenvalue weighted by atomic mass is 9.87. The Morgan fingerprint density at radius 1 is 0.864 bits per heavy atom. The van der Waals surface area contributed by atoms with E-state index >= 15 is 0 Å². The van der Waals surface area contributed by atoms with Gasteiger partial charge in [0.25, 0.3) is 11.8 Å². The molecule has 1 unspecified atom stereocenters. The van der Waals surface area contributed by atoms with Crippen LogP contribution in [0.25, 0.3) is 0 Å². The molecule has 0 bridgehead atoms. The molecule has 0 saturated heterocycles. The third kappa shape index (κ3) is 6.00. The van der Waals surface area contributed by atoms with Crippen LogP contribution < -0.4 is 14.0 Å². The Labute approximate surface area is 251 Å². The molecule has 0 aromatic heterocycles. The van der Waals surface area contributed by atoms with Crippen LogP contribution in [0, 0.1) is 17.5 Å². The minimum absolute atomic E-state index is 0.102. The number of nitrogens with zero attached hydrogens (tertiary/aromatic N) is 1. The van der Waals surface area contributed by atoms with Gasteiger partial charge in [0.05, 0.1) is 45.2 Å². The van der Waals surface area contributed by atoms with Gasteiger partial charge in [-0.15, -0.1) is 0 Å². The zero-order valence-electron chi connectivity index (χ0n) is 21.1. The fourth-order valence-corrected chi connectivity index (χ4v) is 4.65. The summed E-state index contributed by atoms with van der Waals surface area (Å²) in [6, 6.07) is 3.71. The molecule has 0 fully saturated rings. The normalized spacial score (nSPS) is 13.7. The standard InChI is InChI=1S/C25H12BrClF12N2O3/c1-44-19-12(3-2-4-16(19)40-20(42)18-14(29)8-11(28)9-15(18)30)21(43)41(26)17-6-5-10(7-13(17)27)22(31,24(34,35)36)23(32,33)25(37,38)39/h2-9H,1H3,(H,40,42). The number of methoxy groups -OCH3 is 1. The molecule has 3 aromatic rings. The van der Waals surface area contributed by atoms with E-state index in [4.69, 9.17) is 16.3 Å². The van der Waals surface area contributed by atoms with Crippen molar-refractivity contribution in [2.75, 3.05) is 16.4 Å². The van der Waals surface area contributed by atoms with Gasteiger partial charge in [0.2, 0.25) is 0 Å². The molecule has 0 radical (unpaired) electrons. The molecule has 0 aliphatic heterocycles. The summed E-state index contributed by atoms with van der Waals surface area (Å²) in [5.41, 5.74) is -11.3. The monoisotopic (exact) mass is 730 g/mol. The first-order valence-electron chi connectivity index (χ1n) is 11.2. The van der Waals surface area contributed by atoms with Crippen LogP contribution in [0.15, 0.2) is 48.5 Å². The average Bonchev–Trinajstić information content (AvgIpc) is 2.89. The van der Waals surface area contributed by atoms with Gasteiger partial charge >= 0.3 is 23.9 Å². The van der Waals surface area contributed by atoms with Gasteiger partial charge in [-0.3, -0.25) is 9.59 Å². The van der Waals surface area contributed by atoms with Crippen molar-refractivity contribution in [3.8, 4) is 5.75 Å². The van der Waals surface area contributed by atoms with Crippen LogP contribution in [0.4, 0.5) is 64.1 Å². The van der Waals surface area contributed by atoms with Gasteiger partial charge in [-0.2, -0.15) is 35.1 Å². The van der Waals surface area contributed by atoms with Gasteiger partial charge in [0, 0.05) is 17.7 Å². The second kappa shape index (κ2) is 12.0. The number of halogens is 14. The first-order chi connectivity index (χ1) is 20.1. The van der Waals surface area contributed by atoms with Gasteiger partial charge in [-0.25, -0.2) is 21.5 Å². The Morgan fingerprint density at radius 2 is 1.43 bits per heavy atom. The summed E-state index contributed by atoms with van der Waals surface area (Å²) < 4.78 is 168. The summed E-state index contributed by atoms with van der Waals surface area (Å²) in [5, 5.41) is 0.930. The van der Waals surface area contributed by atoms with Crippen molar-refractivity contribution in [3.63, 3.8) is 0 Å². The highest BCUT2D eigenvalue weighted by Crippen LogP contribution is 2.58.